The van der Waals surface area contributed by atoms with Crippen LogP contribution in [0.25, 0.3) is 22.1 Å². The first kappa shape index (κ1) is 100. The number of phenolic OH excluding ortho intramolecular Hbond substituents is 1. The smallest absolute Gasteiger partial charge is 0.346 e. The number of unbranched alkanes of at least 4 members (excludes halogenated alkanes) is 8. The zero-order valence-electron chi connectivity index (χ0n) is 63.6. The van der Waals surface area contributed by atoms with E-state index in [4.69, 9.17) is 36.1 Å². The number of nitrogens with two attached hydrogens (primary N) is 3. The molecule has 0 bridgehead atoms. The normalized spacial score (nSPS) is 10.0. The lowest BCUT2D eigenvalue weighted by Crippen LogP contribution is -2.06. The molecule has 2 aromatic heterocycles. The van der Waals surface area contributed by atoms with E-state index in [1.807, 2.05) is 156 Å². The molecule has 630 valence electrons. The molecule has 0 atom stereocenters. The van der Waals surface area contributed by atoms with Crippen LogP contribution in [0.15, 0.2) is 231 Å². The molecule has 9 N–H and O–H groups in total. The van der Waals surface area contributed by atoms with E-state index in [0.717, 1.165) is 145 Å². The molecule has 0 radical (unpaired) electrons. The molecule has 23 nitrogen and oxygen atoms in total. The van der Waals surface area contributed by atoms with Gasteiger partial charge in [-0.2, -0.15) is 13.2 Å². The molecular weight excluding hydrogens is 1490 g/mol. The molecule has 117 heavy (non-hydrogen) atoms. The predicted octanol–water partition coefficient (Wildman–Crippen LogP) is 24.5. The number of rotatable bonds is 33. The highest BCUT2D eigenvalue weighted by Gasteiger charge is 2.24. The lowest BCUT2D eigenvalue weighted by Gasteiger charge is -2.14. The zero-order chi connectivity index (χ0) is 80.4. The van der Waals surface area contributed by atoms with Crippen molar-refractivity contribution in [2.75, 3.05) is 40.9 Å². The van der Waals surface area contributed by atoms with E-state index in [2.05, 4.69) is 71.1 Å². The highest BCUT2D eigenvalue weighted by Crippen LogP contribution is 2.37. The summed E-state index contributed by atoms with van der Waals surface area (Å²) in [5.74, 6) is -0.233. The van der Waals surface area contributed by atoms with E-state index in [0.29, 0.717) is 54.4 Å². The number of ether oxygens (including phenoxy) is 4. The summed E-state index contributed by atoms with van der Waals surface area (Å²) in [4.78, 5) is 38.6. The van der Waals surface area contributed by atoms with Gasteiger partial charge in [0.25, 0.3) is 0 Å². The molecule has 0 aliphatic heterocycles. The number of nitrogen functional groups attached to an aromatic ring is 3. The summed E-state index contributed by atoms with van der Waals surface area (Å²) < 4.78 is 64.9. The maximum absolute atomic E-state index is 13.3. The predicted molar refractivity (Wildman–Crippen MR) is 472 cm³/mol. The van der Waals surface area contributed by atoms with Crippen LogP contribution in [0.3, 0.4) is 0 Å². The van der Waals surface area contributed by atoms with E-state index in [9.17, 15) is 48.6 Å². The Balaban J connectivity index is 0.000000478. The number of para-hydroxylation sites is 6. The lowest BCUT2D eigenvalue weighted by atomic mass is 10.2. The topological polar surface area (TPSA) is 324 Å². The fraction of sp³-hybridized carbons (Fsp3) is 0.319. The zero-order valence-corrected chi connectivity index (χ0v) is 63.6. The minimum Gasteiger partial charge on any atom is -0.506 e. The van der Waals surface area contributed by atoms with Gasteiger partial charge in [0.2, 0.25) is 35.1 Å². The first-order valence-electron chi connectivity index (χ1n) is 37.4. The number of phenols is 1. The Morgan fingerprint density at radius 2 is 0.684 bits per heavy atom. The Hall–Kier alpha value is -12.9. The molecule has 12 aromatic rings. The first-order valence-corrected chi connectivity index (χ1v) is 37.4. The van der Waals surface area contributed by atoms with Crippen molar-refractivity contribution in [3.05, 3.63) is 301 Å². The summed E-state index contributed by atoms with van der Waals surface area (Å²) in [5.41, 5.74) is 26.0. The molecule has 10 aromatic carbocycles. The van der Waals surface area contributed by atoms with E-state index in [-0.39, 0.29) is 65.8 Å². The average Bonchev–Trinajstić information content (AvgIpc) is 1.51. The number of halogens is 3. The van der Waals surface area contributed by atoms with Gasteiger partial charge in [0.05, 0.1) is 37.2 Å². The van der Waals surface area contributed by atoms with Gasteiger partial charge in [-0.15, -0.1) is 0 Å². The molecule has 0 aliphatic rings. The average molecular weight is 1610 g/mol. The number of nitro benzene ring substituents is 3. The van der Waals surface area contributed by atoms with Crippen LogP contribution in [0.2, 0.25) is 0 Å². The Morgan fingerprint density at radius 1 is 0.368 bits per heavy atom. The monoisotopic (exact) mass is 1610 g/mol. The van der Waals surface area contributed by atoms with E-state index >= 15 is 0 Å². The van der Waals surface area contributed by atoms with Crippen LogP contribution >= 0.6 is 0 Å². The van der Waals surface area contributed by atoms with Crippen LogP contribution < -0.4 is 46.8 Å². The number of hydrogen-bond donors (Lipinski definition) is 6. The lowest BCUT2D eigenvalue weighted by molar-refractivity contribution is -0.390. The standard InChI is InChI=1S/C19H23N3O.C18H22N2O3.C18H24N2O.C13H10FNO3.C12H17N3O.C6H3F2NO2.5CH4/c1-2-3-7-13-22-16-11-8-12-17(18(16)21-19(22)20)23-14-15-9-5-4-6-10-15;1-2-3-7-13-19-16-11-8-12-17(18(16)20(21)22)23-14-15-9-5-4-6-10-15;1-2-3-7-13-20-16-11-8-12-17(18(16)19)21-14-15-9-5-4-6-10-15;14-11-7-4-8-12(13(11)15(16)17)18-9-10-5-2-1-3-6-10;1-2-3-4-8-15-9-6-5-7-10(16)11(9)14-12(15)13;7-4-2-1-3-5(8)6(4)9(10)11;;;;;/h4-6,8-12H,2-3,7,13-14H2,1H3,(H2,20,21);4-6,8-12,19H,2-3,7,13-14H2,1H3;4-6,8-12,20H,2-3,7,13-14,19H2,1H3;1-8H,9H2;5-7,16H,2-4,8H2,1H3,(H2,13,14);1-3H;5*1H4. The van der Waals surface area contributed by atoms with Gasteiger partial charge in [-0.1, -0.05) is 274 Å². The summed E-state index contributed by atoms with van der Waals surface area (Å²) in [6, 6.07) is 67.9. The van der Waals surface area contributed by atoms with Gasteiger partial charge in [0.1, 0.15) is 60.4 Å². The van der Waals surface area contributed by atoms with Gasteiger partial charge in [-0.3, -0.25) is 30.3 Å². The number of benzene rings is 10. The second-order valence-electron chi connectivity index (χ2n) is 25.6. The number of aromatic hydroxyl groups is 1. The van der Waals surface area contributed by atoms with Crippen LogP contribution in [0.4, 0.5) is 59.2 Å². The summed E-state index contributed by atoms with van der Waals surface area (Å²) in [6.07, 6.45) is 13.8. The van der Waals surface area contributed by atoms with Gasteiger partial charge >= 0.3 is 17.1 Å². The van der Waals surface area contributed by atoms with Crippen LogP contribution in [0, 0.1) is 47.8 Å². The van der Waals surface area contributed by atoms with Crippen molar-refractivity contribution in [2.24, 2.45) is 0 Å². The third kappa shape index (κ3) is 32.1. The number of aryl methyl sites for hydroxylation is 2. The molecule has 0 aliphatic carbocycles. The minimum absolute atomic E-state index is 0. The maximum Gasteiger partial charge on any atom is 0.346 e. The largest absolute Gasteiger partial charge is 0.506 e. The fourth-order valence-corrected chi connectivity index (χ4v) is 11.3. The van der Waals surface area contributed by atoms with Crippen molar-refractivity contribution < 1.29 is 52.0 Å². The van der Waals surface area contributed by atoms with Gasteiger partial charge < -0.3 is 61.0 Å². The summed E-state index contributed by atoms with van der Waals surface area (Å²) in [7, 11) is 0. The Kier molecular flexibility index (Phi) is 46.9. The van der Waals surface area contributed by atoms with Crippen molar-refractivity contribution in [3.63, 3.8) is 0 Å². The molecule has 0 unspecified atom stereocenters. The summed E-state index contributed by atoms with van der Waals surface area (Å²) in [5, 5.41) is 48.3. The van der Waals surface area contributed by atoms with Gasteiger partial charge in [0, 0.05) is 26.2 Å². The van der Waals surface area contributed by atoms with Crippen LogP contribution in [0.1, 0.15) is 164 Å². The van der Waals surface area contributed by atoms with E-state index < -0.39 is 38.7 Å². The number of anilines is 5. The fourth-order valence-electron chi connectivity index (χ4n) is 11.3. The number of fused-ring (bicyclic) bond motifs is 2. The van der Waals surface area contributed by atoms with E-state index in [1.54, 1.807) is 24.3 Å². The van der Waals surface area contributed by atoms with Crippen molar-refractivity contribution in [2.45, 2.75) is 181 Å². The molecule has 26 heteroatoms. The Morgan fingerprint density at radius 3 is 1.10 bits per heavy atom. The van der Waals surface area contributed by atoms with Crippen molar-refractivity contribution >= 4 is 68.1 Å². The van der Waals surface area contributed by atoms with E-state index in [1.165, 1.54) is 50.7 Å². The molecule has 0 saturated carbocycles. The number of aromatic nitrogens is 4. The maximum atomic E-state index is 13.3. The quantitative estimate of drug-likeness (QED) is 0.00963. The number of nitrogens with zero attached hydrogens (tertiary/aromatic N) is 7. The molecule has 2 heterocycles. The third-order valence-electron chi connectivity index (χ3n) is 17.2. The Bertz CT molecular complexity index is 4820. The highest BCUT2D eigenvalue weighted by molar-refractivity contribution is 5.85. The van der Waals surface area contributed by atoms with Crippen LogP contribution in [-0.4, -0.2) is 52.1 Å². The van der Waals surface area contributed by atoms with Gasteiger partial charge in [-0.25, -0.2) is 9.97 Å². The highest BCUT2D eigenvalue weighted by atomic mass is 19.1. The summed E-state index contributed by atoms with van der Waals surface area (Å²) >= 11 is 0. The molecule has 0 fully saturated rings. The Labute approximate surface area is 687 Å². The third-order valence-corrected chi connectivity index (χ3v) is 17.2. The second-order valence-corrected chi connectivity index (χ2v) is 25.6. The molecule has 0 amide bonds. The van der Waals surface area contributed by atoms with Crippen molar-refractivity contribution in [1.82, 2.24) is 19.1 Å². The van der Waals surface area contributed by atoms with Crippen LogP contribution in [-0.2, 0) is 39.5 Å². The molecule has 0 saturated heterocycles. The number of hydrogen-bond acceptors (Lipinski definition) is 18. The summed E-state index contributed by atoms with van der Waals surface area (Å²) in [6.45, 7) is 13.6. The minimum atomic E-state index is -1.16. The number of imidazole rings is 2. The first-order chi connectivity index (χ1) is 54.4. The SMILES string of the molecule is C.C.C.C.C.CCCCCNc1cccc(OCc2ccccc2)c1N.CCCCCNc1cccc(OCc2ccccc2)c1[N+](=O)[O-].CCCCCn1c(N)nc2c(O)cccc21.CCCCCn1c(N)nc2c(OCc3ccccc3)cccc21.O=[N+]([O-])c1c(F)cccc1F.O=[N+]([O-])c1c(F)cccc1OCc1ccccc1. The number of nitrogens with one attached hydrogen (secondary N) is 2. The van der Waals surface area contributed by atoms with Crippen molar-refractivity contribution in [1.29, 1.82) is 0 Å². The van der Waals surface area contributed by atoms with Gasteiger partial charge in [-0.05, 0) is 121 Å². The molecular formula is C91H119F3N12O11. The molecule has 12 rings (SSSR count). The molecule has 0 spiro atoms. The van der Waals surface area contributed by atoms with Gasteiger partial charge in [0.15, 0.2) is 5.75 Å². The van der Waals surface area contributed by atoms with Crippen LogP contribution in [0.5, 0.6) is 28.7 Å². The number of nitro groups is 3. The van der Waals surface area contributed by atoms with Crippen molar-refractivity contribution in [3.8, 4) is 28.7 Å². The second kappa shape index (κ2) is 54.8.